The molecule has 0 aliphatic heterocycles. The molecule has 1 aromatic heterocycles. The van der Waals surface area contributed by atoms with E-state index in [4.69, 9.17) is 0 Å². The molecular formula is C30H31N3O4S. The molecule has 8 heteroatoms. The Bertz CT molecular complexity index is 1550. The van der Waals surface area contributed by atoms with Gasteiger partial charge in [-0.3, -0.25) is 14.6 Å². The summed E-state index contributed by atoms with van der Waals surface area (Å²) in [6.45, 7) is 5.65. The molecule has 0 aliphatic rings. The van der Waals surface area contributed by atoms with Crippen LogP contribution in [-0.4, -0.2) is 37.0 Å². The van der Waals surface area contributed by atoms with Gasteiger partial charge in [-0.1, -0.05) is 81.4 Å². The number of carbonyl (C=O) groups is 2. The monoisotopic (exact) mass is 529 g/mol. The summed E-state index contributed by atoms with van der Waals surface area (Å²) in [5, 5.41) is 6.86. The van der Waals surface area contributed by atoms with Gasteiger partial charge in [0.15, 0.2) is 9.84 Å². The van der Waals surface area contributed by atoms with Gasteiger partial charge in [-0.25, -0.2) is 8.42 Å². The number of sulfone groups is 1. The minimum absolute atomic E-state index is 0.00555. The van der Waals surface area contributed by atoms with Crippen molar-refractivity contribution in [3.05, 3.63) is 102 Å². The van der Waals surface area contributed by atoms with E-state index >= 15 is 0 Å². The number of amides is 2. The summed E-state index contributed by atoms with van der Waals surface area (Å²) in [6, 6.07) is 23.7. The lowest BCUT2D eigenvalue weighted by Gasteiger charge is -2.21. The quantitative estimate of drug-likeness (QED) is 0.333. The highest BCUT2D eigenvalue weighted by Gasteiger charge is 2.26. The molecule has 0 aliphatic carbocycles. The fraction of sp³-hybridized carbons (Fsp3) is 0.233. The van der Waals surface area contributed by atoms with E-state index < -0.39 is 33.1 Å². The predicted molar refractivity (Wildman–Crippen MR) is 150 cm³/mol. The molecule has 0 bridgehead atoms. The van der Waals surface area contributed by atoms with Gasteiger partial charge < -0.3 is 10.6 Å². The number of benzene rings is 3. The normalized spacial score (nSPS) is 12.6. The van der Waals surface area contributed by atoms with Gasteiger partial charge in [-0.15, -0.1) is 0 Å². The Kier molecular flexibility index (Phi) is 7.92. The third-order valence-electron chi connectivity index (χ3n) is 5.90. The number of nitrogens with one attached hydrogen (secondary N) is 2. The molecule has 0 fully saturated rings. The van der Waals surface area contributed by atoms with Crippen LogP contribution < -0.4 is 10.6 Å². The van der Waals surface area contributed by atoms with Gasteiger partial charge in [0.2, 0.25) is 5.91 Å². The highest BCUT2D eigenvalue weighted by molar-refractivity contribution is 7.91. The van der Waals surface area contributed by atoms with E-state index in [1.165, 1.54) is 6.20 Å². The van der Waals surface area contributed by atoms with Crippen molar-refractivity contribution in [2.45, 2.75) is 38.1 Å². The van der Waals surface area contributed by atoms with Gasteiger partial charge >= 0.3 is 0 Å². The van der Waals surface area contributed by atoms with E-state index in [1.807, 2.05) is 51.1 Å². The van der Waals surface area contributed by atoms with Crippen LogP contribution in [-0.2, 0) is 21.1 Å². The van der Waals surface area contributed by atoms with E-state index in [9.17, 15) is 18.0 Å². The molecule has 1 heterocycles. The number of aromatic nitrogens is 1. The second kappa shape index (κ2) is 11.1. The van der Waals surface area contributed by atoms with Crippen molar-refractivity contribution in [3.8, 4) is 0 Å². The van der Waals surface area contributed by atoms with Crippen LogP contribution in [0, 0.1) is 5.41 Å². The van der Waals surface area contributed by atoms with Crippen LogP contribution in [0.25, 0.3) is 10.8 Å². The minimum Gasteiger partial charge on any atom is -0.339 e. The van der Waals surface area contributed by atoms with E-state index in [1.54, 1.807) is 54.6 Å². The zero-order valence-electron chi connectivity index (χ0n) is 21.6. The first-order valence-corrected chi connectivity index (χ1v) is 14.0. The van der Waals surface area contributed by atoms with Crippen molar-refractivity contribution in [3.63, 3.8) is 0 Å². The minimum atomic E-state index is -3.57. The molecule has 38 heavy (non-hydrogen) atoms. The summed E-state index contributed by atoms with van der Waals surface area (Å²) in [4.78, 5) is 30.7. The first-order valence-electron chi connectivity index (χ1n) is 12.3. The second-order valence-corrected chi connectivity index (χ2v) is 12.4. The van der Waals surface area contributed by atoms with Crippen LogP contribution in [0.2, 0.25) is 0 Å². The number of rotatable bonds is 8. The predicted octanol–water partition coefficient (Wildman–Crippen LogP) is 5.03. The Hall–Kier alpha value is -4.04. The Morgan fingerprint density at radius 1 is 0.842 bits per heavy atom. The molecule has 0 spiro atoms. The molecule has 196 valence electrons. The maximum Gasteiger partial charge on any atom is 0.270 e. The molecule has 0 saturated heterocycles. The van der Waals surface area contributed by atoms with Crippen molar-refractivity contribution in [1.29, 1.82) is 0 Å². The first-order chi connectivity index (χ1) is 18.0. The average molecular weight is 530 g/mol. The maximum absolute atomic E-state index is 13.5. The fourth-order valence-corrected chi connectivity index (χ4v) is 6.41. The highest BCUT2D eigenvalue weighted by Crippen LogP contribution is 2.31. The molecule has 2 N–H and O–H groups in total. The third kappa shape index (κ3) is 6.63. The molecule has 1 atom stereocenters. The van der Waals surface area contributed by atoms with Gasteiger partial charge in [0.1, 0.15) is 11.7 Å². The van der Waals surface area contributed by atoms with E-state index in [-0.39, 0.29) is 22.8 Å². The Morgan fingerprint density at radius 3 is 2.21 bits per heavy atom. The molecule has 0 saturated carbocycles. The second-order valence-electron chi connectivity index (χ2n) is 10.4. The summed E-state index contributed by atoms with van der Waals surface area (Å²) >= 11 is 0. The number of anilines is 1. The molecule has 2 amide bonds. The SMILES string of the molecule is CC(C)(C)CS(=O)(=O)c1cccc2c(NC(=O)[C@H](Cc3ccccc3)NC(=O)c3ccccn3)cccc12. The van der Waals surface area contributed by atoms with E-state index in [2.05, 4.69) is 15.6 Å². The van der Waals surface area contributed by atoms with Gasteiger partial charge in [0.05, 0.1) is 10.6 Å². The van der Waals surface area contributed by atoms with Gasteiger partial charge in [0.25, 0.3) is 5.91 Å². The number of carbonyl (C=O) groups excluding carboxylic acids is 2. The van der Waals surface area contributed by atoms with Gasteiger partial charge in [-0.2, -0.15) is 0 Å². The fourth-order valence-electron chi connectivity index (χ4n) is 4.32. The van der Waals surface area contributed by atoms with Crippen molar-refractivity contribution in [1.82, 2.24) is 10.3 Å². The molecule has 3 aromatic carbocycles. The Morgan fingerprint density at radius 2 is 1.53 bits per heavy atom. The molecule has 0 radical (unpaired) electrons. The van der Waals surface area contributed by atoms with E-state index in [0.717, 1.165) is 5.56 Å². The molecule has 0 unspecified atom stereocenters. The lowest BCUT2D eigenvalue weighted by atomic mass is 10.0. The summed E-state index contributed by atoms with van der Waals surface area (Å²) in [5.74, 6) is -0.891. The number of hydrogen-bond acceptors (Lipinski definition) is 5. The third-order valence-corrected chi connectivity index (χ3v) is 8.17. The van der Waals surface area contributed by atoms with Crippen LogP contribution >= 0.6 is 0 Å². The lowest BCUT2D eigenvalue weighted by Crippen LogP contribution is -2.45. The molecule has 4 aromatic rings. The molecular weight excluding hydrogens is 498 g/mol. The number of nitrogens with zero attached hydrogens (tertiary/aromatic N) is 1. The van der Waals surface area contributed by atoms with E-state index in [0.29, 0.717) is 16.5 Å². The summed E-state index contributed by atoms with van der Waals surface area (Å²) in [5.41, 5.74) is 1.13. The molecule has 7 nitrogen and oxygen atoms in total. The summed E-state index contributed by atoms with van der Waals surface area (Å²) < 4.78 is 26.4. The summed E-state index contributed by atoms with van der Waals surface area (Å²) in [6.07, 6.45) is 1.78. The van der Waals surface area contributed by atoms with Crippen molar-refractivity contribution >= 4 is 38.1 Å². The Balaban J connectivity index is 1.66. The van der Waals surface area contributed by atoms with Crippen LogP contribution in [0.5, 0.6) is 0 Å². The summed E-state index contributed by atoms with van der Waals surface area (Å²) in [7, 11) is -3.57. The van der Waals surface area contributed by atoms with Crippen LogP contribution in [0.15, 0.2) is 96.0 Å². The number of fused-ring (bicyclic) bond motifs is 1. The smallest absolute Gasteiger partial charge is 0.270 e. The Labute approximate surface area is 223 Å². The first kappa shape index (κ1) is 27.0. The van der Waals surface area contributed by atoms with Crippen molar-refractivity contribution in [2.75, 3.05) is 11.1 Å². The topological polar surface area (TPSA) is 105 Å². The number of hydrogen-bond donors (Lipinski definition) is 2. The zero-order chi connectivity index (χ0) is 27.3. The van der Waals surface area contributed by atoms with Crippen LogP contribution in [0.1, 0.15) is 36.8 Å². The van der Waals surface area contributed by atoms with Crippen LogP contribution in [0.3, 0.4) is 0 Å². The zero-order valence-corrected chi connectivity index (χ0v) is 22.5. The van der Waals surface area contributed by atoms with Gasteiger partial charge in [0, 0.05) is 29.1 Å². The largest absolute Gasteiger partial charge is 0.339 e. The lowest BCUT2D eigenvalue weighted by molar-refractivity contribution is -0.118. The van der Waals surface area contributed by atoms with Crippen molar-refractivity contribution < 1.29 is 18.0 Å². The standard InChI is InChI=1S/C30H31N3O4S/c1-30(2,3)20-38(36,37)27-17-10-13-22-23(27)14-9-16-24(22)32-29(35)26(19-21-11-5-4-6-12-21)33-28(34)25-15-7-8-18-31-25/h4-18,26H,19-20H2,1-3H3,(H,32,35)(H,33,34)/t26-/m0/s1. The average Bonchev–Trinajstić information content (AvgIpc) is 2.88. The number of pyridine rings is 1. The van der Waals surface area contributed by atoms with Crippen molar-refractivity contribution in [2.24, 2.45) is 5.41 Å². The molecule has 4 rings (SSSR count). The van der Waals surface area contributed by atoms with Crippen LogP contribution in [0.4, 0.5) is 5.69 Å². The van der Waals surface area contributed by atoms with Gasteiger partial charge in [-0.05, 0) is 35.2 Å². The highest BCUT2D eigenvalue weighted by atomic mass is 32.2. The maximum atomic E-state index is 13.5.